The molecule has 0 bridgehead atoms. The molecule has 0 saturated carbocycles. The molecule has 1 aliphatic rings. The second-order valence-electron chi connectivity index (χ2n) is 1.55. The van der Waals surface area contributed by atoms with Crippen LogP contribution in [-0.4, -0.2) is 11.6 Å². The third-order valence-electron chi connectivity index (χ3n) is 0.824. The fraction of sp³-hybridized carbons (Fsp3) is 0. The summed E-state index contributed by atoms with van der Waals surface area (Å²) < 4.78 is 0. The number of carbonyl (C=O) groups excluding carboxylic acids is 2. The standard InChI is InChI=1S/C6H4O2.CN.Fe/c7-5-1-2-6(8)4-3-5;1-2;/h1-4H;;. The van der Waals surface area contributed by atoms with Crippen molar-refractivity contribution in [3.05, 3.63) is 24.3 Å². The molecule has 3 nitrogen and oxygen atoms in total. The topological polar surface area (TPSA) is 57.9 Å². The van der Waals surface area contributed by atoms with Gasteiger partial charge in [0.05, 0.1) is 0 Å². The van der Waals surface area contributed by atoms with Gasteiger partial charge in [-0.1, -0.05) is 0 Å². The summed E-state index contributed by atoms with van der Waals surface area (Å²) in [4.78, 5) is 22.1. The van der Waals surface area contributed by atoms with Crippen LogP contribution >= 0.6 is 0 Å². The first kappa shape index (κ1) is 9.83. The molecule has 0 fully saturated rings. The quantitative estimate of drug-likeness (QED) is 0.406. The number of rotatable bonds is 0. The zero-order chi connectivity index (χ0) is 8.69. The summed E-state index contributed by atoms with van der Waals surface area (Å²) in [6.07, 6.45) is 5.01. The summed E-state index contributed by atoms with van der Waals surface area (Å²) >= 11 is 2.79. The molecule has 0 amide bonds. The molecule has 0 aromatic rings. The van der Waals surface area contributed by atoms with Gasteiger partial charge in [-0.15, -0.1) is 0 Å². The molecule has 4 heteroatoms. The van der Waals surface area contributed by atoms with Crippen molar-refractivity contribution in [1.82, 2.24) is 0 Å². The molecular formula is C7H4FeNO2. The van der Waals surface area contributed by atoms with E-state index in [1.165, 1.54) is 29.3 Å². The van der Waals surface area contributed by atoms with Crippen LogP contribution in [0.4, 0.5) is 0 Å². The molecule has 0 aromatic carbocycles. The molecule has 1 aliphatic carbocycles. The van der Waals surface area contributed by atoms with E-state index in [2.05, 4.69) is 16.0 Å². The van der Waals surface area contributed by atoms with Gasteiger partial charge in [0.1, 0.15) is 0 Å². The Bertz CT molecular complexity index is 222. The molecule has 0 unspecified atom stereocenters. The molecule has 0 radical (unpaired) electrons. The van der Waals surface area contributed by atoms with Gasteiger partial charge in [-0.2, -0.15) is 0 Å². The van der Waals surface area contributed by atoms with E-state index in [0.29, 0.717) is 0 Å². The van der Waals surface area contributed by atoms with E-state index in [4.69, 9.17) is 5.26 Å². The van der Waals surface area contributed by atoms with Crippen LogP contribution in [0.15, 0.2) is 24.3 Å². The maximum absolute atomic E-state index is 10.3. The number of hydrogen-bond acceptors (Lipinski definition) is 3. The number of hydrogen-bond donors (Lipinski definition) is 0. The average molecular weight is 190 g/mol. The second-order valence-corrected chi connectivity index (χ2v) is 1.80. The van der Waals surface area contributed by atoms with Crippen molar-refractivity contribution in [3.8, 4) is 4.97 Å². The van der Waals surface area contributed by atoms with Gasteiger partial charge in [0, 0.05) is 0 Å². The predicted molar refractivity (Wildman–Crippen MR) is 33.9 cm³/mol. The van der Waals surface area contributed by atoms with Crippen molar-refractivity contribution < 1.29 is 25.6 Å². The van der Waals surface area contributed by atoms with E-state index < -0.39 is 0 Å². The van der Waals surface area contributed by atoms with E-state index in [1.54, 1.807) is 0 Å². The molecule has 0 aliphatic heterocycles. The van der Waals surface area contributed by atoms with Crippen LogP contribution in [0.5, 0.6) is 0 Å². The fourth-order valence-corrected chi connectivity index (χ4v) is 0.440. The first-order valence-electron chi connectivity index (χ1n) is 2.63. The summed E-state index contributed by atoms with van der Waals surface area (Å²) in [5.74, 6) is -0.241. The van der Waals surface area contributed by atoms with E-state index in [0.717, 1.165) is 0 Å². The van der Waals surface area contributed by atoms with Crippen LogP contribution in [0.3, 0.4) is 0 Å². The van der Waals surface area contributed by atoms with Gasteiger partial charge < -0.3 is 0 Å². The van der Waals surface area contributed by atoms with Gasteiger partial charge in [-0.3, -0.25) is 9.59 Å². The van der Waals surface area contributed by atoms with Crippen molar-refractivity contribution in [3.63, 3.8) is 0 Å². The fourth-order valence-electron chi connectivity index (χ4n) is 0.440. The smallest absolute Gasteiger partial charge is 0.178 e. The summed E-state index contributed by atoms with van der Waals surface area (Å²) in [6, 6.07) is 0. The largest absolute Gasteiger partial charge is 0.290 e. The Morgan fingerprint density at radius 3 is 1.45 bits per heavy atom. The van der Waals surface area contributed by atoms with Crippen LogP contribution in [0.2, 0.25) is 0 Å². The summed E-state index contributed by atoms with van der Waals surface area (Å²) in [6.45, 7) is 0. The van der Waals surface area contributed by atoms with Gasteiger partial charge in [-0.05, 0) is 24.3 Å². The Labute approximate surface area is 72.2 Å². The molecule has 11 heavy (non-hydrogen) atoms. The third kappa shape index (κ3) is 5.28. The third-order valence-corrected chi connectivity index (χ3v) is 0.824. The van der Waals surface area contributed by atoms with Crippen molar-refractivity contribution in [1.29, 1.82) is 5.26 Å². The van der Waals surface area contributed by atoms with E-state index in [9.17, 15) is 9.59 Å². The average Bonchev–Trinajstić information content (AvgIpc) is 1.97. The van der Waals surface area contributed by atoms with Crippen LogP contribution in [0.25, 0.3) is 0 Å². The Morgan fingerprint density at radius 2 is 1.27 bits per heavy atom. The molecule has 0 heterocycles. The molecule has 0 aromatic heterocycles. The molecular weight excluding hydrogens is 186 g/mol. The molecule has 1 rings (SSSR count). The number of allylic oxidation sites excluding steroid dienone is 4. The van der Waals surface area contributed by atoms with Crippen molar-refractivity contribution in [2.45, 2.75) is 0 Å². The zero-order valence-corrected chi connectivity index (χ0v) is 6.53. The van der Waals surface area contributed by atoms with Crippen LogP contribution < -0.4 is 0 Å². The Hall–Kier alpha value is -1.17. The van der Waals surface area contributed by atoms with Gasteiger partial charge in [0.2, 0.25) is 0 Å². The molecule has 57 valence electrons. The second kappa shape index (κ2) is 5.60. The Kier molecular flexibility index (Phi) is 5.01. The van der Waals surface area contributed by atoms with Crippen LogP contribution in [0, 0.1) is 10.2 Å². The van der Waals surface area contributed by atoms with Crippen molar-refractivity contribution in [2.24, 2.45) is 0 Å². The van der Waals surface area contributed by atoms with Gasteiger partial charge in [0.25, 0.3) is 0 Å². The number of nitrogens with zero attached hydrogens (tertiary/aromatic N) is 1. The monoisotopic (exact) mass is 190 g/mol. The maximum atomic E-state index is 10.3. The minimum atomic E-state index is -0.121. The number of ketones is 2. The number of nitriles is 1. The Balaban J connectivity index is 0.000000292. The van der Waals surface area contributed by atoms with Crippen LogP contribution in [-0.2, 0) is 25.6 Å². The van der Waals surface area contributed by atoms with Crippen LogP contribution in [0.1, 0.15) is 0 Å². The number of carbonyl (C=O) groups is 2. The van der Waals surface area contributed by atoms with E-state index in [1.807, 2.05) is 0 Å². The van der Waals surface area contributed by atoms with Gasteiger partial charge in [0.15, 0.2) is 11.6 Å². The van der Waals surface area contributed by atoms with E-state index >= 15 is 0 Å². The van der Waals surface area contributed by atoms with Gasteiger partial charge >= 0.3 is 26.2 Å². The first-order valence-corrected chi connectivity index (χ1v) is 3.18. The summed E-state index contributed by atoms with van der Waals surface area (Å²) in [7, 11) is 0. The minimum absolute atomic E-state index is 0.121. The molecule has 0 N–H and O–H groups in total. The molecule has 0 saturated heterocycles. The van der Waals surface area contributed by atoms with Gasteiger partial charge in [-0.25, -0.2) is 0 Å². The van der Waals surface area contributed by atoms with Crippen molar-refractivity contribution in [2.75, 3.05) is 0 Å². The summed E-state index contributed by atoms with van der Waals surface area (Å²) in [5, 5.41) is 7.21. The normalized spacial score (nSPS) is 13.5. The summed E-state index contributed by atoms with van der Waals surface area (Å²) in [5.41, 5.74) is 0. The SMILES string of the molecule is N#[C][Fe].O=C1C=CC(=O)C=C1. The zero-order valence-electron chi connectivity index (χ0n) is 5.43. The van der Waals surface area contributed by atoms with E-state index in [-0.39, 0.29) is 11.6 Å². The maximum Gasteiger partial charge on any atom is 0.178 e. The first-order chi connectivity index (χ1) is 5.20. The Morgan fingerprint density at radius 1 is 1.09 bits per heavy atom. The molecule has 0 atom stereocenters. The van der Waals surface area contributed by atoms with Crippen molar-refractivity contribution >= 4 is 11.6 Å². The molecule has 0 spiro atoms. The minimum Gasteiger partial charge on any atom is -0.290 e. The predicted octanol–water partition coefficient (Wildman–Crippen LogP) is 0.265.